The van der Waals surface area contributed by atoms with E-state index in [1.807, 2.05) is 14.0 Å². The molecule has 1 aliphatic heterocycles. The van der Waals surface area contributed by atoms with Crippen LogP contribution >= 0.6 is 0 Å². The number of likely N-dealkylation sites (tertiary alicyclic amines) is 1. The van der Waals surface area contributed by atoms with Gasteiger partial charge in [-0.3, -0.25) is 14.5 Å². The Labute approximate surface area is 127 Å². The second-order valence-corrected chi connectivity index (χ2v) is 6.33. The van der Waals surface area contributed by atoms with E-state index in [9.17, 15) is 9.59 Å². The minimum Gasteiger partial charge on any atom is -0.352 e. The molecule has 21 heavy (non-hydrogen) atoms. The number of hydrogen-bond acceptors (Lipinski definition) is 4. The predicted molar refractivity (Wildman–Crippen MR) is 81.9 cm³/mol. The van der Waals surface area contributed by atoms with Crippen LogP contribution in [0.5, 0.6) is 0 Å². The maximum atomic E-state index is 12.5. The Morgan fingerprint density at radius 2 is 2.00 bits per heavy atom. The van der Waals surface area contributed by atoms with Crippen LogP contribution in [0.2, 0.25) is 0 Å². The smallest absolute Gasteiger partial charge is 0.239 e. The summed E-state index contributed by atoms with van der Waals surface area (Å²) in [4.78, 5) is 28.0. The number of nitrogens with one attached hydrogen (secondary N) is 2. The van der Waals surface area contributed by atoms with Crippen LogP contribution in [0.15, 0.2) is 0 Å². The minimum absolute atomic E-state index is 0.0256. The van der Waals surface area contributed by atoms with Crippen molar-refractivity contribution in [3.63, 3.8) is 0 Å². The van der Waals surface area contributed by atoms with Gasteiger partial charge >= 0.3 is 0 Å². The molecule has 120 valence electrons. The van der Waals surface area contributed by atoms with Crippen LogP contribution in [0.3, 0.4) is 0 Å². The highest BCUT2D eigenvalue weighted by atomic mass is 16.2. The van der Waals surface area contributed by atoms with Crippen molar-refractivity contribution in [1.82, 2.24) is 20.4 Å². The lowest BCUT2D eigenvalue weighted by molar-refractivity contribution is -0.139. The molecule has 2 fully saturated rings. The highest BCUT2D eigenvalue weighted by molar-refractivity contribution is 5.87. The first kappa shape index (κ1) is 16.2. The van der Waals surface area contributed by atoms with Crippen molar-refractivity contribution in [3.05, 3.63) is 0 Å². The lowest BCUT2D eigenvalue weighted by Crippen LogP contribution is -2.54. The van der Waals surface area contributed by atoms with Gasteiger partial charge in [0.2, 0.25) is 11.8 Å². The lowest BCUT2D eigenvalue weighted by atomic mass is 10.0. The van der Waals surface area contributed by atoms with Crippen LogP contribution in [-0.2, 0) is 9.59 Å². The van der Waals surface area contributed by atoms with Gasteiger partial charge in [-0.1, -0.05) is 0 Å². The summed E-state index contributed by atoms with van der Waals surface area (Å²) in [6.45, 7) is 3.94. The first-order chi connectivity index (χ1) is 10.0. The standard InChI is InChI=1S/C15H28N4O2/c1-11(19-8-4-5-13(9-19)16-2)15(21)18(3)10-14(20)17-12-6-7-12/h11-13,16H,4-10H2,1-3H3,(H,17,20). The van der Waals surface area contributed by atoms with Gasteiger partial charge in [-0.2, -0.15) is 0 Å². The fourth-order valence-electron chi connectivity index (χ4n) is 2.86. The van der Waals surface area contributed by atoms with E-state index in [1.165, 1.54) is 0 Å². The van der Waals surface area contributed by atoms with E-state index in [0.29, 0.717) is 12.1 Å². The molecule has 6 nitrogen and oxygen atoms in total. The van der Waals surface area contributed by atoms with Crippen molar-refractivity contribution in [2.24, 2.45) is 0 Å². The average molecular weight is 296 g/mol. The topological polar surface area (TPSA) is 64.7 Å². The summed E-state index contributed by atoms with van der Waals surface area (Å²) in [5.74, 6) is -0.0232. The number of rotatable bonds is 6. The van der Waals surface area contributed by atoms with Crippen LogP contribution in [0.25, 0.3) is 0 Å². The summed E-state index contributed by atoms with van der Waals surface area (Å²) >= 11 is 0. The molecule has 0 aromatic rings. The number of piperidine rings is 1. The Morgan fingerprint density at radius 1 is 1.29 bits per heavy atom. The number of hydrogen-bond donors (Lipinski definition) is 2. The Hall–Kier alpha value is -1.14. The minimum atomic E-state index is -0.167. The lowest BCUT2D eigenvalue weighted by Gasteiger charge is -2.37. The molecule has 2 N–H and O–H groups in total. The number of carbonyl (C=O) groups excluding carboxylic acids is 2. The van der Waals surface area contributed by atoms with E-state index in [-0.39, 0.29) is 24.4 Å². The highest BCUT2D eigenvalue weighted by Crippen LogP contribution is 2.18. The Morgan fingerprint density at radius 3 is 2.62 bits per heavy atom. The summed E-state index contributed by atoms with van der Waals surface area (Å²) < 4.78 is 0. The number of nitrogens with zero attached hydrogens (tertiary/aromatic N) is 2. The molecule has 2 atom stereocenters. The average Bonchev–Trinajstić information content (AvgIpc) is 3.29. The normalized spacial score (nSPS) is 24.4. The fraction of sp³-hybridized carbons (Fsp3) is 0.867. The van der Waals surface area contributed by atoms with Crippen molar-refractivity contribution < 1.29 is 9.59 Å². The van der Waals surface area contributed by atoms with Crippen molar-refractivity contribution in [2.75, 3.05) is 33.7 Å². The molecule has 1 saturated heterocycles. The Kier molecular flexibility index (Phi) is 5.58. The Bertz CT molecular complexity index is 384. The summed E-state index contributed by atoms with van der Waals surface area (Å²) in [7, 11) is 3.68. The second kappa shape index (κ2) is 7.22. The zero-order valence-electron chi connectivity index (χ0n) is 13.4. The van der Waals surface area contributed by atoms with Gasteiger partial charge in [0.25, 0.3) is 0 Å². The maximum Gasteiger partial charge on any atom is 0.239 e. The van der Waals surface area contributed by atoms with Gasteiger partial charge in [0.05, 0.1) is 12.6 Å². The quantitative estimate of drug-likeness (QED) is 0.712. The third-order valence-corrected chi connectivity index (χ3v) is 4.47. The van der Waals surface area contributed by atoms with E-state index < -0.39 is 0 Å². The van der Waals surface area contributed by atoms with Gasteiger partial charge in [-0.05, 0) is 46.2 Å². The van der Waals surface area contributed by atoms with Crippen LogP contribution in [0, 0.1) is 0 Å². The molecule has 2 aliphatic rings. The molecule has 2 amide bonds. The molecule has 0 bridgehead atoms. The monoisotopic (exact) mass is 296 g/mol. The fourth-order valence-corrected chi connectivity index (χ4v) is 2.86. The number of carbonyl (C=O) groups is 2. The van der Waals surface area contributed by atoms with E-state index >= 15 is 0 Å². The van der Waals surface area contributed by atoms with Crippen LogP contribution in [0.1, 0.15) is 32.6 Å². The molecule has 1 heterocycles. The van der Waals surface area contributed by atoms with Crippen LogP contribution in [-0.4, -0.2) is 73.5 Å². The maximum absolute atomic E-state index is 12.5. The van der Waals surface area contributed by atoms with Crippen molar-refractivity contribution in [3.8, 4) is 0 Å². The third-order valence-electron chi connectivity index (χ3n) is 4.47. The van der Waals surface area contributed by atoms with E-state index in [1.54, 1.807) is 11.9 Å². The summed E-state index contributed by atoms with van der Waals surface area (Å²) in [5, 5.41) is 6.20. The number of likely N-dealkylation sites (N-methyl/N-ethyl adjacent to an activating group) is 2. The zero-order chi connectivity index (χ0) is 15.4. The third kappa shape index (κ3) is 4.68. The van der Waals surface area contributed by atoms with Gasteiger partial charge in [0.1, 0.15) is 0 Å². The molecule has 0 aromatic heterocycles. The predicted octanol–water partition coefficient (Wildman–Crippen LogP) is -0.204. The molecule has 0 spiro atoms. The second-order valence-electron chi connectivity index (χ2n) is 6.33. The van der Waals surface area contributed by atoms with Crippen molar-refractivity contribution in [1.29, 1.82) is 0 Å². The molecular formula is C15H28N4O2. The largest absolute Gasteiger partial charge is 0.352 e. The zero-order valence-corrected chi connectivity index (χ0v) is 13.4. The molecular weight excluding hydrogens is 268 g/mol. The molecule has 0 radical (unpaired) electrons. The summed E-state index contributed by atoms with van der Waals surface area (Å²) in [6.07, 6.45) is 4.40. The molecule has 0 aromatic carbocycles. The SMILES string of the molecule is CNC1CCCN(C(C)C(=O)N(C)CC(=O)NC2CC2)C1. The summed E-state index contributed by atoms with van der Waals surface area (Å²) in [6, 6.07) is 0.634. The van der Waals surface area contributed by atoms with Crippen LogP contribution < -0.4 is 10.6 Å². The molecule has 1 saturated carbocycles. The van der Waals surface area contributed by atoms with Crippen LogP contribution in [0.4, 0.5) is 0 Å². The number of amides is 2. The molecule has 1 aliphatic carbocycles. The van der Waals surface area contributed by atoms with E-state index in [4.69, 9.17) is 0 Å². The highest BCUT2D eigenvalue weighted by Gasteiger charge is 2.30. The van der Waals surface area contributed by atoms with Gasteiger partial charge in [0.15, 0.2) is 0 Å². The first-order valence-electron chi connectivity index (χ1n) is 7.97. The van der Waals surface area contributed by atoms with E-state index in [0.717, 1.165) is 38.8 Å². The molecule has 2 rings (SSSR count). The molecule has 6 heteroatoms. The van der Waals surface area contributed by atoms with Crippen molar-refractivity contribution in [2.45, 2.75) is 50.7 Å². The first-order valence-corrected chi connectivity index (χ1v) is 7.97. The van der Waals surface area contributed by atoms with Crippen molar-refractivity contribution >= 4 is 11.8 Å². The van der Waals surface area contributed by atoms with Gasteiger partial charge in [-0.25, -0.2) is 0 Å². The molecule has 2 unspecified atom stereocenters. The Balaban J connectivity index is 1.80. The van der Waals surface area contributed by atoms with E-state index in [2.05, 4.69) is 15.5 Å². The van der Waals surface area contributed by atoms with Gasteiger partial charge in [-0.15, -0.1) is 0 Å². The summed E-state index contributed by atoms with van der Waals surface area (Å²) in [5.41, 5.74) is 0. The van der Waals surface area contributed by atoms with Gasteiger partial charge in [0, 0.05) is 25.7 Å². The van der Waals surface area contributed by atoms with Gasteiger partial charge < -0.3 is 15.5 Å².